The van der Waals surface area contributed by atoms with Crippen LogP contribution in [0.1, 0.15) is 25.8 Å². The maximum Gasteiger partial charge on any atom is 0.302 e. The number of hydrogen-bond donors (Lipinski definition) is 0. The molecule has 0 saturated heterocycles. The Morgan fingerprint density at radius 2 is 2.00 bits per heavy atom. The van der Waals surface area contributed by atoms with E-state index in [-0.39, 0.29) is 16.3 Å². The third-order valence-corrected chi connectivity index (χ3v) is 5.79. The van der Waals surface area contributed by atoms with E-state index in [0.29, 0.717) is 12.4 Å². The van der Waals surface area contributed by atoms with Crippen LogP contribution in [0.2, 0.25) is 0 Å². The van der Waals surface area contributed by atoms with Gasteiger partial charge in [0.1, 0.15) is 11.6 Å². The third-order valence-electron chi connectivity index (χ3n) is 4.80. The Hall–Kier alpha value is -2.67. The number of carbonyl (C=O) groups excluding carboxylic acids is 1. The van der Waals surface area contributed by atoms with Gasteiger partial charge in [0.25, 0.3) is 0 Å². The maximum atomic E-state index is 13.6. The highest BCUT2D eigenvalue weighted by molar-refractivity contribution is 8.14. The second-order valence-electron chi connectivity index (χ2n) is 6.84. The van der Waals surface area contributed by atoms with Crippen molar-refractivity contribution in [2.24, 2.45) is 12.1 Å². The molecule has 1 unspecified atom stereocenters. The van der Waals surface area contributed by atoms with Crippen molar-refractivity contribution < 1.29 is 9.18 Å². The van der Waals surface area contributed by atoms with Gasteiger partial charge in [0.05, 0.1) is 22.0 Å². The zero-order chi connectivity index (χ0) is 19.8. The van der Waals surface area contributed by atoms with Crippen molar-refractivity contribution in [3.05, 3.63) is 53.8 Å². The number of hydrazone groups is 1. The molecule has 0 fully saturated rings. The van der Waals surface area contributed by atoms with Crippen LogP contribution < -0.4 is 0 Å². The summed E-state index contributed by atoms with van der Waals surface area (Å²) in [4.78, 5) is 16.9. The molecular weight excluding hydrogens is 375 g/mol. The number of carbonyl (C=O) groups is 1. The van der Waals surface area contributed by atoms with E-state index in [1.54, 1.807) is 11.1 Å². The maximum absolute atomic E-state index is 13.6. The van der Waals surface area contributed by atoms with E-state index in [4.69, 9.17) is 4.98 Å². The smallest absolute Gasteiger partial charge is 0.302 e. The lowest BCUT2D eigenvalue weighted by Crippen LogP contribution is -2.34. The van der Waals surface area contributed by atoms with Gasteiger partial charge in [0, 0.05) is 24.7 Å². The average Bonchev–Trinajstić information content (AvgIpc) is 3.00. The Balaban J connectivity index is 1.78. The van der Waals surface area contributed by atoms with Crippen LogP contribution in [0.4, 0.5) is 9.18 Å². The molecule has 4 rings (SSSR count). The summed E-state index contributed by atoms with van der Waals surface area (Å²) < 4.78 is 15.6. The summed E-state index contributed by atoms with van der Waals surface area (Å²) in [5.74, 6) is 0.427. The zero-order valence-electron chi connectivity index (χ0n) is 16.0. The molecule has 2 aromatic carbocycles. The van der Waals surface area contributed by atoms with Crippen LogP contribution in [0.25, 0.3) is 22.4 Å². The Morgan fingerprint density at radius 3 is 2.75 bits per heavy atom. The lowest BCUT2D eigenvalue weighted by Gasteiger charge is -2.26. The molecular formula is C21H21FN4OS. The summed E-state index contributed by atoms with van der Waals surface area (Å²) in [5.41, 5.74) is 4.33. The van der Waals surface area contributed by atoms with E-state index in [2.05, 4.69) is 5.10 Å². The van der Waals surface area contributed by atoms with Gasteiger partial charge in [-0.1, -0.05) is 36.9 Å². The number of halogens is 1. The van der Waals surface area contributed by atoms with Gasteiger partial charge in [-0.3, -0.25) is 4.79 Å². The van der Waals surface area contributed by atoms with E-state index < -0.39 is 0 Å². The van der Waals surface area contributed by atoms with Gasteiger partial charge >= 0.3 is 5.24 Å². The molecule has 0 aliphatic carbocycles. The van der Waals surface area contributed by atoms with E-state index in [0.717, 1.165) is 34.3 Å². The first-order valence-corrected chi connectivity index (χ1v) is 10.2. The molecule has 0 saturated carbocycles. The van der Waals surface area contributed by atoms with Crippen LogP contribution in [0, 0.1) is 5.82 Å². The zero-order valence-corrected chi connectivity index (χ0v) is 16.8. The van der Waals surface area contributed by atoms with Crippen molar-refractivity contribution in [2.75, 3.05) is 6.54 Å². The minimum Gasteiger partial charge on any atom is -0.327 e. The molecule has 0 spiro atoms. The standard InChI is InChI=1S/C21H21FN4OS/c1-4-10-26-21(27)28-13(2)19(24-26)14-8-9-18-17(12-14)23-20(25(18)3)15-6-5-7-16(22)11-15/h5-9,11-13H,4,10H2,1-3H3. The van der Waals surface area contributed by atoms with Crippen molar-refractivity contribution in [3.63, 3.8) is 0 Å². The molecule has 1 aliphatic rings. The van der Waals surface area contributed by atoms with Crippen LogP contribution in [-0.2, 0) is 7.05 Å². The second kappa shape index (κ2) is 7.39. The topological polar surface area (TPSA) is 50.5 Å². The first-order chi connectivity index (χ1) is 13.5. The number of aryl methyl sites for hydroxylation is 1. The Labute approximate surface area is 167 Å². The number of amides is 1. The number of imidazole rings is 1. The SMILES string of the molecule is CCCN1N=C(c2ccc3c(c2)nc(-c2cccc(F)c2)n3C)C(C)SC1=O. The number of nitrogens with zero attached hydrogens (tertiary/aromatic N) is 4. The fraction of sp³-hybridized carbons (Fsp3) is 0.286. The van der Waals surface area contributed by atoms with Gasteiger partial charge in [-0.05, 0) is 37.6 Å². The quantitative estimate of drug-likeness (QED) is 0.620. The Kier molecular flexibility index (Phi) is 4.93. The van der Waals surface area contributed by atoms with Crippen molar-refractivity contribution in [2.45, 2.75) is 25.5 Å². The molecule has 3 aromatic rings. The van der Waals surface area contributed by atoms with Crippen LogP contribution in [0.3, 0.4) is 0 Å². The van der Waals surface area contributed by atoms with Crippen molar-refractivity contribution in [1.82, 2.24) is 14.6 Å². The molecule has 0 N–H and O–H groups in total. The number of benzene rings is 2. The van der Waals surface area contributed by atoms with Gasteiger partial charge in [-0.2, -0.15) is 5.10 Å². The molecule has 28 heavy (non-hydrogen) atoms. The van der Waals surface area contributed by atoms with Gasteiger partial charge in [0.2, 0.25) is 0 Å². The van der Waals surface area contributed by atoms with E-state index in [1.807, 2.05) is 49.7 Å². The molecule has 1 atom stereocenters. The predicted molar refractivity (Wildman–Crippen MR) is 112 cm³/mol. The average molecular weight is 396 g/mol. The highest BCUT2D eigenvalue weighted by atomic mass is 32.2. The lowest BCUT2D eigenvalue weighted by atomic mass is 10.1. The summed E-state index contributed by atoms with van der Waals surface area (Å²) in [6, 6.07) is 12.5. The summed E-state index contributed by atoms with van der Waals surface area (Å²) in [6.07, 6.45) is 0.855. The first kappa shape index (κ1) is 18.7. The molecule has 0 bridgehead atoms. The highest BCUT2D eigenvalue weighted by Gasteiger charge is 2.28. The number of hydrogen-bond acceptors (Lipinski definition) is 4. The summed E-state index contributed by atoms with van der Waals surface area (Å²) in [5, 5.41) is 6.11. The number of aromatic nitrogens is 2. The normalized spacial score (nSPS) is 17.3. The Bertz CT molecular complexity index is 1090. The largest absolute Gasteiger partial charge is 0.327 e. The van der Waals surface area contributed by atoms with Crippen LogP contribution in [0.15, 0.2) is 47.6 Å². The molecule has 1 aromatic heterocycles. The fourth-order valence-corrected chi connectivity index (χ4v) is 4.26. The summed E-state index contributed by atoms with van der Waals surface area (Å²) in [7, 11) is 1.92. The molecule has 0 radical (unpaired) electrons. The van der Waals surface area contributed by atoms with Gasteiger partial charge in [-0.25, -0.2) is 14.4 Å². The second-order valence-corrected chi connectivity index (χ2v) is 8.13. The van der Waals surface area contributed by atoms with Crippen LogP contribution >= 0.6 is 11.8 Å². The number of thioether (sulfide) groups is 1. The monoisotopic (exact) mass is 396 g/mol. The minimum atomic E-state index is -0.284. The lowest BCUT2D eigenvalue weighted by molar-refractivity contribution is 0.224. The van der Waals surface area contributed by atoms with Gasteiger partial charge in [0.15, 0.2) is 0 Å². The molecule has 1 aliphatic heterocycles. The molecule has 5 nitrogen and oxygen atoms in total. The van der Waals surface area contributed by atoms with Crippen LogP contribution in [0.5, 0.6) is 0 Å². The van der Waals surface area contributed by atoms with E-state index in [9.17, 15) is 9.18 Å². The third kappa shape index (κ3) is 3.30. The highest BCUT2D eigenvalue weighted by Crippen LogP contribution is 2.29. The summed E-state index contributed by atoms with van der Waals surface area (Å²) >= 11 is 1.29. The first-order valence-electron chi connectivity index (χ1n) is 9.27. The molecule has 2 heterocycles. The predicted octanol–water partition coefficient (Wildman–Crippen LogP) is 5.05. The van der Waals surface area contributed by atoms with E-state index >= 15 is 0 Å². The number of rotatable bonds is 4. The van der Waals surface area contributed by atoms with Crippen molar-refractivity contribution in [1.29, 1.82) is 0 Å². The van der Waals surface area contributed by atoms with Gasteiger partial charge < -0.3 is 4.57 Å². The molecule has 1 amide bonds. The number of fused-ring (bicyclic) bond motifs is 1. The van der Waals surface area contributed by atoms with E-state index in [1.165, 1.54) is 23.9 Å². The van der Waals surface area contributed by atoms with Crippen LogP contribution in [-0.4, -0.2) is 37.3 Å². The molecule has 144 valence electrons. The summed E-state index contributed by atoms with van der Waals surface area (Å²) in [6.45, 7) is 4.63. The van der Waals surface area contributed by atoms with Crippen molar-refractivity contribution in [3.8, 4) is 11.4 Å². The Morgan fingerprint density at radius 1 is 1.18 bits per heavy atom. The fourth-order valence-electron chi connectivity index (χ4n) is 3.41. The van der Waals surface area contributed by atoms with Gasteiger partial charge in [-0.15, -0.1) is 0 Å². The van der Waals surface area contributed by atoms with Crippen molar-refractivity contribution >= 4 is 33.7 Å². The minimum absolute atomic E-state index is 0.00888. The molecule has 7 heteroatoms.